The summed E-state index contributed by atoms with van der Waals surface area (Å²) in [6.45, 7) is 17.9. The van der Waals surface area contributed by atoms with E-state index in [4.69, 9.17) is 4.43 Å². The van der Waals surface area contributed by atoms with Gasteiger partial charge in [0.15, 0.2) is 0 Å². The van der Waals surface area contributed by atoms with Crippen molar-refractivity contribution in [1.29, 1.82) is 0 Å². The Morgan fingerprint density at radius 1 is 1.09 bits per heavy atom. The van der Waals surface area contributed by atoms with Crippen LogP contribution in [-0.4, -0.2) is 29.1 Å². The molecule has 0 aromatic rings. The van der Waals surface area contributed by atoms with E-state index >= 15 is 0 Å². The third-order valence-electron chi connectivity index (χ3n) is 4.83. The third-order valence-corrected chi connectivity index (χ3v) is 14.6. The van der Waals surface area contributed by atoms with Crippen molar-refractivity contribution < 1.29 is 18.7 Å². The number of allylic oxidation sites excluding steroid dienone is 4. The van der Waals surface area contributed by atoms with Crippen molar-refractivity contribution in [3.8, 4) is 0 Å². The first-order chi connectivity index (χ1) is 9.25. The standard InChI is InChI=1S/C9H13.C5H14NOSi.2CH3.2ClH.H2Si.Ti/c1-6-5-7(2)9(4)8(6)3;1-8(2,3)7-5-4-6;;;;;;/h6H,1-4H3;6H,4-5H2,1-3H3;2*1H3;2*1H;1H2;/q;-1;;;;;;+1. The molecule has 1 rings (SSSR count). The van der Waals surface area contributed by atoms with Gasteiger partial charge in [-0.15, -0.1) is 24.8 Å². The first-order valence-corrected chi connectivity index (χ1v) is 20.2. The SMILES string of the molecule is CC1=C(C)C(C)[C]([Ti]([CH3])([CH3])(=[SiH2])[NH]CCO[Si](C)(C)C)=C1C.Cl.Cl. The van der Waals surface area contributed by atoms with Crippen LogP contribution in [0.5, 0.6) is 0 Å². The molecule has 0 aromatic carbocycles. The van der Waals surface area contributed by atoms with Gasteiger partial charge in [0, 0.05) is 0 Å². The Labute approximate surface area is 160 Å². The minimum absolute atomic E-state index is 0. The number of halogens is 2. The smallest absolute Gasteiger partial charge is 0.147 e. The molecule has 1 aliphatic carbocycles. The molecule has 2 nitrogen and oxygen atoms in total. The van der Waals surface area contributed by atoms with Gasteiger partial charge in [-0.1, -0.05) is 0 Å². The Kier molecular flexibility index (Phi) is 9.94. The summed E-state index contributed by atoms with van der Waals surface area (Å²) in [6, 6.07) is 0. The van der Waals surface area contributed by atoms with E-state index in [9.17, 15) is 0 Å². The van der Waals surface area contributed by atoms with Crippen molar-refractivity contribution in [2.75, 3.05) is 13.2 Å². The molecule has 0 aliphatic heterocycles. The largest absolute Gasteiger partial charge is 0.147 e. The topological polar surface area (TPSA) is 21.3 Å². The van der Waals surface area contributed by atoms with Gasteiger partial charge in [0.1, 0.15) is 0 Å². The maximum atomic E-state index is 6.01. The van der Waals surface area contributed by atoms with Gasteiger partial charge in [-0.25, -0.2) is 0 Å². The fourth-order valence-electron chi connectivity index (χ4n) is 3.56. The molecule has 0 saturated carbocycles. The molecule has 0 amide bonds. The molecule has 0 aromatic heterocycles. The van der Waals surface area contributed by atoms with Crippen LogP contribution in [0.25, 0.3) is 0 Å². The van der Waals surface area contributed by atoms with Crippen LogP contribution in [0.2, 0.25) is 30.1 Å². The summed E-state index contributed by atoms with van der Waals surface area (Å²) in [4.78, 5) is 0. The van der Waals surface area contributed by atoms with Gasteiger partial charge in [0.25, 0.3) is 0 Å². The van der Waals surface area contributed by atoms with Crippen molar-refractivity contribution in [3.05, 3.63) is 20.6 Å². The van der Waals surface area contributed by atoms with Crippen LogP contribution < -0.4 is 3.80 Å². The van der Waals surface area contributed by atoms with Crippen LogP contribution >= 0.6 is 24.8 Å². The van der Waals surface area contributed by atoms with Gasteiger partial charge in [-0.2, -0.15) is 0 Å². The summed E-state index contributed by atoms with van der Waals surface area (Å²) >= 11 is -2.77. The molecule has 0 radical (unpaired) electrons. The summed E-state index contributed by atoms with van der Waals surface area (Å²) in [6.07, 6.45) is 0. The zero-order valence-electron chi connectivity index (χ0n) is 16.4. The molecule has 1 N–H and O–H groups in total. The van der Waals surface area contributed by atoms with Gasteiger partial charge in [0.05, 0.1) is 0 Å². The van der Waals surface area contributed by atoms with Gasteiger partial charge in [-0.05, 0) is 0 Å². The van der Waals surface area contributed by atoms with E-state index in [0.717, 1.165) is 13.2 Å². The van der Waals surface area contributed by atoms with E-state index < -0.39 is 22.6 Å². The number of hydrogen-bond donors (Lipinski definition) is 1. The van der Waals surface area contributed by atoms with Crippen LogP contribution in [0, 0.1) is 5.92 Å². The van der Waals surface area contributed by atoms with Gasteiger partial charge in [0.2, 0.25) is 0 Å². The summed E-state index contributed by atoms with van der Waals surface area (Å²) < 4.78 is 11.7. The second-order valence-corrected chi connectivity index (χ2v) is 31.7. The first-order valence-electron chi connectivity index (χ1n) is 8.10. The molecule has 138 valence electrons. The molecular formula is C16H37Cl2NOSi2Ti. The molecule has 7 heteroatoms. The summed E-state index contributed by atoms with van der Waals surface area (Å²) in [5.74, 6) is 0.611. The Morgan fingerprint density at radius 2 is 1.57 bits per heavy atom. The van der Waals surface area contributed by atoms with Crippen molar-refractivity contribution in [2.24, 2.45) is 5.92 Å². The fourth-order valence-corrected chi connectivity index (χ4v) is 13.7. The Bertz CT molecular complexity index is 559. The second kappa shape index (κ2) is 8.68. The normalized spacial score (nSPS) is 19.7. The molecule has 1 unspecified atom stereocenters. The van der Waals surface area contributed by atoms with E-state index in [2.05, 4.69) is 69.2 Å². The molecular weight excluding hydrogens is 397 g/mol. The zero-order valence-corrected chi connectivity index (χ0v) is 22.0. The number of rotatable bonds is 6. The maximum Gasteiger partial charge on any atom is -0.147 e. The fraction of sp³-hybridized carbons (Fsp3) is 0.750. The van der Waals surface area contributed by atoms with E-state index in [0.29, 0.717) is 5.92 Å². The predicted molar refractivity (Wildman–Crippen MR) is 112 cm³/mol. The van der Waals surface area contributed by atoms with Crippen molar-refractivity contribution in [3.63, 3.8) is 0 Å². The predicted octanol–water partition coefficient (Wildman–Crippen LogP) is 4.78. The average Bonchev–Trinajstić information content (AvgIpc) is 2.48. The molecule has 0 bridgehead atoms. The average molecular weight is 434 g/mol. The van der Waals surface area contributed by atoms with Crippen molar-refractivity contribution >= 4 is 40.8 Å². The van der Waals surface area contributed by atoms with Crippen LogP contribution in [0.4, 0.5) is 0 Å². The maximum absolute atomic E-state index is 6.01. The van der Waals surface area contributed by atoms with Crippen LogP contribution in [0.15, 0.2) is 20.6 Å². The Hall–Kier alpha value is 1.13. The van der Waals surface area contributed by atoms with Crippen molar-refractivity contribution in [1.82, 2.24) is 3.80 Å². The minimum atomic E-state index is -2.77. The van der Waals surface area contributed by atoms with E-state index in [-0.39, 0.29) is 24.8 Å². The number of nitrogens with one attached hydrogen (secondary N) is 1. The summed E-state index contributed by atoms with van der Waals surface area (Å²) in [7, 11) is 0.864. The molecule has 0 spiro atoms. The quantitative estimate of drug-likeness (QED) is 0.480. The minimum Gasteiger partial charge on any atom is -0.147 e. The first kappa shape index (κ1) is 26.4. The van der Waals surface area contributed by atoms with Crippen LogP contribution in [0.1, 0.15) is 27.7 Å². The van der Waals surface area contributed by atoms with E-state index in [1.807, 2.05) is 0 Å². The Morgan fingerprint density at radius 3 is 1.91 bits per heavy atom. The summed E-state index contributed by atoms with van der Waals surface area (Å²) in [5.41, 5.74) is 4.63. The molecule has 1 atom stereocenters. The van der Waals surface area contributed by atoms with Gasteiger partial charge >= 0.3 is 136 Å². The zero-order chi connectivity index (χ0) is 16.7. The van der Waals surface area contributed by atoms with E-state index in [1.54, 1.807) is 15.0 Å². The van der Waals surface area contributed by atoms with Crippen LogP contribution in [-0.2, 0) is 18.7 Å². The summed E-state index contributed by atoms with van der Waals surface area (Å²) in [5, 5.41) is 5.04. The Balaban J connectivity index is 0. The van der Waals surface area contributed by atoms with Crippen molar-refractivity contribution in [2.45, 2.75) is 57.8 Å². The third kappa shape index (κ3) is 6.74. The number of hydrogen-bond acceptors (Lipinski definition) is 2. The molecule has 0 fully saturated rings. The molecule has 0 saturated heterocycles. The van der Waals surface area contributed by atoms with Crippen LogP contribution in [0.3, 0.4) is 0 Å². The monoisotopic (exact) mass is 433 g/mol. The van der Waals surface area contributed by atoms with Gasteiger partial charge < -0.3 is 0 Å². The second-order valence-electron chi connectivity index (χ2n) is 8.64. The van der Waals surface area contributed by atoms with Gasteiger partial charge in [-0.3, -0.25) is 0 Å². The van der Waals surface area contributed by atoms with E-state index in [1.165, 1.54) is 5.57 Å². The molecule has 23 heavy (non-hydrogen) atoms. The molecule has 1 aliphatic rings. The molecule has 0 heterocycles.